The largest absolute Gasteiger partial charge is 0.459 e. The summed E-state index contributed by atoms with van der Waals surface area (Å²) in [6, 6.07) is -0.247. The van der Waals surface area contributed by atoms with Crippen LogP contribution < -0.4 is 5.32 Å². The Labute approximate surface area is 103 Å². The summed E-state index contributed by atoms with van der Waals surface area (Å²) < 4.78 is 5.25. The normalized spacial score (nSPS) is 13.2. The third-order valence-electron chi connectivity index (χ3n) is 1.69. The number of hydrogen-bond acceptors (Lipinski definition) is 4. The molecule has 0 fully saturated rings. The van der Waals surface area contributed by atoms with Gasteiger partial charge in [0.2, 0.25) is 0 Å². The van der Waals surface area contributed by atoms with Gasteiger partial charge in [-0.1, -0.05) is 6.08 Å². The molecule has 0 rings (SSSR count). The van der Waals surface area contributed by atoms with E-state index in [1.807, 2.05) is 33.8 Å². The highest BCUT2D eigenvalue weighted by atomic mass is 32.2. The maximum absolute atomic E-state index is 11.6. The third kappa shape index (κ3) is 8.80. The van der Waals surface area contributed by atoms with Gasteiger partial charge in [0.1, 0.15) is 11.6 Å². The van der Waals surface area contributed by atoms with Crippen molar-refractivity contribution < 1.29 is 9.53 Å². The van der Waals surface area contributed by atoms with Crippen LogP contribution in [0.5, 0.6) is 0 Å². The fraction of sp³-hybridized carbons (Fsp3) is 0.750. The Kier molecular flexibility index (Phi) is 7.51. The van der Waals surface area contributed by atoms with Crippen LogP contribution in [-0.4, -0.2) is 35.7 Å². The lowest BCUT2D eigenvalue weighted by molar-refractivity contribution is -0.156. The highest BCUT2D eigenvalue weighted by Crippen LogP contribution is 2.08. The first kappa shape index (κ1) is 15.5. The van der Waals surface area contributed by atoms with Crippen molar-refractivity contribution in [2.75, 3.05) is 18.1 Å². The molecule has 0 heterocycles. The van der Waals surface area contributed by atoms with Gasteiger partial charge in [0, 0.05) is 18.1 Å². The number of thioether (sulfide) groups is 1. The van der Waals surface area contributed by atoms with Crippen molar-refractivity contribution in [3.63, 3.8) is 0 Å². The number of hydrogen-bond donors (Lipinski definition) is 1. The number of ether oxygens (including phenoxy) is 1. The average molecular weight is 245 g/mol. The minimum absolute atomic E-state index is 0.193. The Morgan fingerprint density at radius 3 is 2.69 bits per heavy atom. The predicted molar refractivity (Wildman–Crippen MR) is 70.8 cm³/mol. The monoisotopic (exact) mass is 245 g/mol. The summed E-state index contributed by atoms with van der Waals surface area (Å²) in [5.74, 6) is 1.72. The zero-order chi connectivity index (χ0) is 12.6. The fourth-order valence-electron chi connectivity index (χ4n) is 0.988. The summed E-state index contributed by atoms with van der Waals surface area (Å²) >= 11 is 1.79. The predicted octanol–water partition coefficient (Wildman–Crippen LogP) is 2.23. The SMILES string of the molecule is C=CCSCCNC(C)C(=O)OC(C)(C)C. The fourth-order valence-corrected chi connectivity index (χ4v) is 1.58. The molecule has 0 saturated carbocycles. The van der Waals surface area contributed by atoms with Crippen LogP contribution in [-0.2, 0) is 9.53 Å². The number of carbonyl (C=O) groups excluding carboxylic acids is 1. The second kappa shape index (κ2) is 7.74. The van der Waals surface area contributed by atoms with Gasteiger partial charge in [-0.15, -0.1) is 6.58 Å². The number of rotatable bonds is 7. The van der Waals surface area contributed by atoms with Crippen molar-refractivity contribution in [1.82, 2.24) is 5.32 Å². The first-order valence-corrected chi connectivity index (χ1v) is 6.67. The molecule has 1 N–H and O–H groups in total. The maximum atomic E-state index is 11.6. The second-order valence-electron chi connectivity index (χ2n) is 4.57. The quantitative estimate of drug-likeness (QED) is 0.424. The topological polar surface area (TPSA) is 38.3 Å². The molecule has 0 radical (unpaired) electrons. The van der Waals surface area contributed by atoms with E-state index in [9.17, 15) is 4.79 Å². The van der Waals surface area contributed by atoms with Gasteiger partial charge in [-0.3, -0.25) is 4.79 Å². The second-order valence-corrected chi connectivity index (χ2v) is 5.72. The Morgan fingerprint density at radius 2 is 2.19 bits per heavy atom. The highest BCUT2D eigenvalue weighted by molar-refractivity contribution is 7.99. The lowest BCUT2D eigenvalue weighted by atomic mass is 10.2. The molecule has 3 nitrogen and oxygen atoms in total. The minimum atomic E-state index is -0.412. The van der Waals surface area contributed by atoms with Gasteiger partial charge in [0.25, 0.3) is 0 Å². The summed E-state index contributed by atoms with van der Waals surface area (Å²) in [5.41, 5.74) is -0.412. The van der Waals surface area contributed by atoms with Crippen LogP contribution in [0.15, 0.2) is 12.7 Å². The van der Waals surface area contributed by atoms with E-state index in [2.05, 4.69) is 11.9 Å². The summed E-state index contributed by atoms with van der Waals surface area (Å²) in [5, 5.41) is 3.13. The van der Waals surface area contributed by atoms with Gasteiger partial charge in [-0.2, -0.15) is 11.8 Å². The van der Waals surface area contributed by atoms with Crippen molar-refractivity contribution in [2.45, 2.75) is 39.3 Å². The molecule has 0 bridgehead atoms. The molecule has 0 aromatic rings. The molecule has 94 valence electrons. The number of carbonyl (C=O) groups is 1. The van der Waals surface area contributed by atoms with Crippen LogP contribution >= 0.6 is 11.8 Å². The molecular formula is C12H23NO2S. The molecular weight excluding hydrogens is 222 g/mol. The molecule has 0 aromatic carbocycles. The number of nitrogens with one attached hydrogen (secondary N) is 1. The van der Waals surface area contributed by atoms with Crippen molar-refractivity contribution in [1.29, 1.82) is 0 Å². The van der Waals surface area contributed by atoms with Crippen molar-refractivity contribution in [2.24, 2.45) is 0 Å². The van der Waals surface area contributed by atoms with Crippen LogP contribution in [0.1, 0.15) is 27.7 Å². The summed E-state index contributed by atoms with van der Waals surface area (Å²) in [7, 11) is 0. The number of esters is 1. The molecule has 0 aliphatic carbocycles. The molecule has 0 saturated heterocycles. The van der Waals surface area contributed by atoms with E-state index in [0.717, 1.165) is 18.1 Å². The van der Waals surface area contributed by atoms with E-state index in [1.165, 1.54) is 0 Å². The Balaban J connectivity index is 3.67. The van der Waals surface area contributed by atoms with Gasteiger partial charge >= 0.3 is 5.97 Å². The molecule has 0 aliphatic rings. The summed E-state index contributed by atoms with van der Waals surface area (Å²) in [6.45, 7) is 11.9. The smallest absolute Gasteiger partial charge is 0.323 e. The van der Waals surface area contributed by atoms with Crippen molar-refractivity contribution >= 4 is 17.7 Å². The van der Waals surface area contributed by atoms with E-state index >= 15 is 0 Å². The lowest BCUT2D eigenvalue weighted by Crippen LogP contribution is -2.40. The molecule has 0 amide bonds. The van der Waals surface area contributed by atoms with Crippen LogP contribution in [0.3, 0.4) is 0 Å². The molecule has 4 heteroatoms. The van der Waals surface area contributed by atoms with Crippen LogP contribution in [0.2, 0.25) is 0 Å². The van der Waals surface area contributed by atoms with Gasteiger partial charge in [0.15, 0.2) is 0 Å². The Morgan fingerprint density at radius 1 is 1.56 bits per heavy atom. The summed E-state index contributed by atoms with van der Waals surface area (Å²) in [4.78, 5) is 11.6. The molecule has 0 aliphatic heterocycles. The van der Waals surface area contributed by atoms with E-state index in [0.29, 0.717) is 0 Å². The zero-order valence-electron chi connectivity index (χ0n) is 10.7. The lowest BCUT2D eigenvalue weighted by Gasteiger charge is -2.22. The van der Waals surface area contributed by atoms with Crippen molar-refractivity contribution in [3.8, 4) is 0 Å². The van der Waals surface area contributed by atoms with Gasteiger partial charge in [-0.05, 0) is 27.7 Å². The van der Waals surface area contributed by atoms with E-state index in [1.54, 1.807) is 11.8 Å². The molecule has 16 heavy (non-hydrogen) atoms. The minimum Gasteiger partial charge on any atom is -0.459 e. The van der Waals surface area contributed by atoms with E-state index < -0.39 is 5.60 Å². The van der Waals surface area contributed by atoms with E-state index in [-0.39, 0.29) is 12.0 Å². The van der Waals surface area contributed by atoms with Gasteiger partial charge in [0.05, 0.1) is 0 Å². The first-order valence-electron chi connectivity index (χ1n) is 5.51. The van der Waals surface area contributed by atoms with Crippen LogP contribution in [0.25, 0.3) is 0 Å². The van der Waals surface area contributed by atoms with Crippen LogP contribution in [0, 0.1) is 0 Å². The zero-order valence-corrected chi connectivity index (χ0v) is 11.5. The van der Waals surface area contributed by atoms with Crippen molar-refractivity contribution in [3.05, 3.63) is 12.7 Å². The van der Waals surface area contributed by atoms with Gasteiger partial charge in [-0.25, -0.2) is 0 Å². The Bertz CT molecular complexity index is 224. The molecule has 1 unspecified atom stereocenters. The first-order chi connectivity index (χ1) is 7.37. The summed E-state index contributed by atoms with van der Waals surface area (Å²) in [6.07, 6.45) is 1.88. The van der Waals surface area contributed by atoms with E-state index in [4.69, 9.17) is 4.74 Å². The average Bonchev–Trinajstić information content (AvgIpc) is 2.14. The molecule has 1 atom stereocenters. The molecule has 0 spiro atoms. The standard InChI is InChI=1S/C12H23NO2S/c1-6-8-16-9-7-13-10(2)11(14)15-12(3,4)5/h6,10,13H,1,7-9H2,2-5H3. The van der Waals surface area contributed by atoms with Gasteiger partial charge < -0.3 is 10.1 Å². The van der Waals surface area contributed by atoms with Crippen LogP contribution in [0.4, 0.5) is 0 Å². The highest BCUT2D eigenvalue weighted by Gasteiger charge is 2.20. The molecule has 0 aromatic heterocycles. The maximum Gasteiger partial charge on any atom is 0.323 e. The third-order valence-corrected chi connectivity index (χ3v) is 2.66. The Hall–Kier alpha value is -0.480.